The number of hydrogen-bond donors (Lipinski definition) is 2. The van der Waals surface area contributed by atoms with Crippen LogP contribution >= 0.6 is 11.8 Å². The number of rotatable bonds is 3. The highest BCUT2D eigenvalue weighted by Gasteiger charge is 2.08. The maximum absolute atomic E-state index is 11.0. The smallest absolute Gasteiger partial charge is 0.329 e. The van der Waals surface area contributed by atoms with E-state index < -0.39 is 11.8 Å². The summed E-state index contributed by atoms with van der Waals surface area (Å²) < 4.78 is 0. The molecule has 6 heteroatoms. The third kappa shape index (κ3) is 4.28. The molecule has 0 radical (unpaired) electrons. The molecule has 2 amide bonds. The van der Waals surface area contributed by atoms with Crippen molar-refractivity contribution in [2.75, 3.05) is 13.3 Å². The Bertz CT molecular complexity index is 429. The standard InChI is InChI=1S/C11H13N3O2S/c1-12-10(15)11(16)14-13-7-8-3-5-9(17-2)6-4-8/h3-7H,1-2H3,(H,12,15)(H,14,16)/b13-7+. The zero-order valence-electron chi connectivity index (χ0n) is 9.56. The highest BCUT2D eigenvalue weighted by Crippen LogP contribution is 2.13. The molecular weight excluding hydrogens is 238 g/mol. The summed E-state index contributed by atoms with van der Waals surface area (Å²) in [6, 6.07) is 7.65. The SMILES string of the molecule is CNC(=O)C(=O)N/N=C/c1ccc(SC)cc1. The number of benzene rings is 1. The molecule has 0 unspecified atom stereocenters. The number of thioether (sulfide) groups is 1. The van der Waals surface area contributed by atoms with E-state index in [1.54, 1.807) is 11.8 Å². The van der Waals surface area contributed by atoms with Crippen molar-refractivity contribution in [3.8, 4) is 0 Å². The molecule has 0 bridgehead atoms. The number of hydrazone groups is 1. The number of likely N-dealkylation sites (N-methyl/N-ethyl adjacent to an activating group) is 1. The molecule has 0 heterocycles. The molecule has 0 saturated carbocycles. The molecule has 5 nitrogen and oxygen atoms in total. The van der Waals surface area contributed by atoms with Crippen LogP contribution in [0.2, 0.25) is 0 Å². The Morgan fingerprint density at radius 3 is 2.41 bits per heavy atom. The van der Waals surface area contributed by atoms with Crippen LogP contribution in [0, 0.1) is 0 Å². The maximum Gasteiger partial charge on any atom is 0.329 e. The van der Waals surface area contributed by atoms with Crippen molar-refractivity contribution in [3.63, 3.8) is 0 Å². The van der Waals surface area contributed by atoms with Crippen molar-refractivity contribution < 1.29 is 9.59 Å². The lowest BCUT2D eigenvalue weighted by Crippen LogP contribution is -2.35. The highest BCUT2D eigenvalue weighted by atomic mass is 32.2. The summed E-state index contributed by atoms with van der Waals surface area (Å²) in [7, 11) is 1.38. The molecule has 1 aromatic rings. The summed E-state index contributed by atoms with van der Waals surface area (Å²) in [5, 5.41) is 5.87. The lowest BCUT2D eigenvalue weighted by Gasteiger charge is -1.98. The molecule has 0 aromatic heterocycles. The molecule has 0 aliphatic rings. The average molecular weight is 251 g/mol. The Morgan fingerprint density at radius 1 is 1.24 bits per heavy atom. The summed E-state index contributed by atoms with van der Waals surface area (Å²) in [4.78, 5) is 23.0. The van der Waals surface area contributed by atoms with Crippen LogP contribution in [0.15, 0.2) is 34.3 Å². The van der Waals surface area contributed by atoms with Crippen molar-refractivity contribution in [2.45, 2.75) is 4.90 Å². The first-order chi connectivity index (χ1) is 8.17. The van der Waals surface area contributed by atoms with Gasteiger partial charge >= 0.3 is 11.8 Å². The fourth-order valence-corrected chi connectivity index (χ4v) is 1.43. The Morgan fingerprint density at radius 2 is 1.88 bits per heavy atom. The number of nitrogens with zero attached hydrogens (tertiary/aromatic N) is 1. The van der Waals surface area contributed by atoms with Crippen molar-refractivity contribution in [3.05, 3.63) is 29.8 Å². The minimum Gasteiger partial charge on any atom is -0.351 e. The van der Waals surface area contributed by atoms with Gasteiger partial charge in [-0.1, -0.05) is 12.1 Å². The number of nitrogens with one attached hydrogen (secondary N) is 2. The van der Waals surface area contributed by atoms with Gasteiger partial charge in [-0.2, -0.15) is 5.10 Å². The predicted molar refractivity (Wildman–Crippen MR) is 68.0 cm³/mol. The highest BCUT2D eigenvalue weighted by molar-refractivity contribution is 7.98. The summed E-state index contributed by atoms with van der Waals surface area (Å²) in [6.45, 7) is 0. The van der Waals surface area contributed by atoms with Gasteiger partial charge in [-0.3, -0.25) is 9.59 Å². The second-order valence-corrected chi connectivity index (χ2v) is 3.93. The van der Waals surface area contributed by atoms with E-state index in [1.165, 1.54) is 13.3 Å². The molecule has 0 saturated heterocycles. The van der Waals surface area contributed by atoms with Crippen molar-refractivity contribution in [2.24, 2.45) is 5.10 Å². The van der Waals surface area contributed by atoms with Gasteiger partial charge in [0.2, 0.25) is 0 Å². The van der Waals surface area contributed by atoms with E-state index in [4.69, 9.17) is 0 Å². The number of amides is 2. The molecule has 1 rings (SSSR count). The van der Waals surface area contributed by atoms with Crippen LogP contribution in [0.3, 0.4) is 0 Å². The molecule has 2 N–H and O–H groups in total. The van der Waals surface area contributed by atoms with Crippen LogP contribution in [0.1, 0.15) is 5.56 Å². The molecule has 17 heavy (non-hydrogen) atoms. The van der Waals surface area contributed by atoms with Gasteiger partial charge in [0, 0.05) is 11.9 Å². The molecule has 1 aromatic carbocycles. The summed E-state index contributed by atoms with van der Waals surface area (Å²) >= 11 is 1.65. The Kier molecular flexibility index (Phi) is 5.22. The van der Waals surface area contributed by atoms with Crippen molar-refractivity contribution in [1.29, 1.82) is 0 Å². The molecule has 0 aliphatic carbocycles. The number of carbonyl (C=O) groups excluding carboxylic acids is 2. The average Bonchev–Trinajstić information content (AvgIpc) is 2.38. The minimum atomic E-state index is -0.788. The first-order valence-corrected chi connectivity index (χ1v) is 6.09. The van der Waals surface area contributed by atoms with Crippen LogP contribution in [0.5, 0.6) is 0 Å². The van der Waals surface area contributed by atoms with Gasteiger partial charge in [0.15, 0.2) is 0 Å². The largest absolute Gasteiger partial charge is 0.351 e. The van der Waals surface area contributed by atoms with Crippen LogP contribution in [0.25, 0.3) is 0 Å². The lowest BCUT2D eigenvalue weighted by molar-refractivity contribution is -0.138. The van der Waals surface area contributed by atoms with Crippen LogP contribution in [0.4, 0.5) is 0 Å². The first kappa shape index (κ1) is 13.2. The minimum absolute atomic E-state index is 0.722. The van der Waals surface area contributed by atoms with Crippen molar-refractivity contribution >= 4 is 29.8 Å². The van der Waals surface area contributed by atoms with Gasteiger partial charge in [-0.25, -0.2) is 5.43 Å². The zero-order valence-corrected chi connectivity index (χ0v) is 10.4. The van der Waals surface area contributed by atoms with Crippen LogP contribution in [-0.4, -0.2) is 31.3 Å². The number of carbonyl (C=O) groups is 2. The molecule has 0 spiro atoms. The van der Waals surface area contributed by atoms with E-state index in [2.05, 4.69) is 15.8 Å². The number of hydrogen-bond acceptors (Lipinski definition) is 4. The fraction of sp³-hybridized carbons (Fsp3) is 0.182. The third-order valence-corrected chi connectivity index (χ3v) is 2.67. The summed E-state index contributed by atoms with van der Waals surface area (Å²) in [5.74, 6) is -1.51. The topological polar surface area (TPSA) is 70.6 Å². The second kappa shape index (κ2) is 6.70. The fourth-order valence-electron chi connectivity index (χ4n) is 1.02. The van der Waals surface area contributed by atoms with Gasteiger partial charge in [0.25, 0.3) is 0 Å². The molecule has 0 fully saturated rings. The maximum atomic E-state index is 11.0. The summed E-state index contributed by atoms with van der Waals surface area (Å²) in [6.07, 6.45) is 3.47. The van der Waals surface area contributed by atoms with Gasteiger partial charge in [0.05, 0.1) is 6.21 Å². The first-order valence-electron chi connectivity index (χ1n) is 4.86. The van der Waals surface area contributed by atoms with E-state index >= 15 is 0 Å². The van der Waals surface area contributed by atoms with E-state index in [0.29, 0.717) is 0 Å². The van der Waals surface area contributed by atoms with E-state index in [9.17, 15) is 9.59 Å². The van der Waals surface area contributed by atoms with Crippen molar-refractivity contribution in [1.82, 2.24) is 10.7 Å². The Balaban J connectivity index is 2.53. The van der Waals surface area contributed by atoms with E-state index in [0.717, 1.165) is 10.5 Å². The third-order valence-electron chi connectivity index (χ3n) is 1.93. The molecular formula is C11H13N3O2S. The van der Waals surface area contributed by atoms with Gasteiger partial charge in [0.1, 0.15) is 0 Å². The quantitative estimate of drug-likeness (QED) is 0.358. The van der Waals surface area contributed by atoms with Crippen LogP contribution in [-0.2, 0) is 9.59 Å². The Hall–Kier alpha value is -1.82. The van der Waals surface area contributed by atoms with E-state index in [1.807, 2.05) is 30.5 Å². The monoisotopic (exact) mass is 251 g/mol. The summed E-state index contributed by atoms with van der Waals surface area (Å²) in [5.41, 5.74) is 2.97. The second-order valence-electron chi connectivity index (χ2n) is 3.05. The predicted octanol–water partition coefficient (Wildman–Crippen LogP) is 0.605. The van der Waals surface area contributed by atoms with Gasteiger partial charge in [-0.15, -0.1) is 11.8 Å². The lowest BCUT2D eigenvalue weighted by atomic mass is 10.2. The molecule has 0 atom stereocenters. The normalized spacial score (nSPS) is 10.2. The van der Waals surface area contributed by atoms with Gasteiger partial charge in [-0.05, 0) is 24.0 Å². The Labute approximate surface area is 104 Å². The van der Waals surface area contributed by atoms with E-state index in [-0.39, 0.29) is 0 Å². The van der Waals surface area contributed by atoms with Crippen LogP contribution < -0.4 is 10.7 Å². The van der Waals surface area contributed by atoms with Gasteiger partial charge < -0.3 is 5.32 Å². The zero-order chi connectivity index (χ0) is 12.7. The molecule has 0 aliphatic heterocycles. The molecule has 90 valence electrons.